The normalized spacial score (nSPS) is 15.0. The van der Waals surface area contributed by atoms with Crippen molar-refractivity contribution >= 4 is 28.8 Å². The van der Waals surface area contributed by atoms with Crippen molar-refractivity contribution in [2.45, 2.75) is 26.7 Å². The Kier molecular flexibility index (Phi) is 4.94. The first-order chi connectivity index (χ1) is 11.5. The topological polar surface area (TPSA) is 53.5 Å². The molecule has 1 aliphatic heterocycles. The first kappa shape index (κ1) is 16.6. The van der Waals surface area contributed by atoms with E-state index in [1.807, 2.05) is 38.1 Å². The van der Waals surface area contributed by atoms with Gasteiger partial charge < -0.3 is 9.80 Å². The average molecular weight is 343 g/mol. The Morgan fingerprint density at radius 2 is 1.96 bits per heavy atom. The van der Waals surface area contributed by atoms with Gasteiger partial charge in [0.25, 0.3) is 0 Å². The van der Waals surface area contributed by atoms with Gasteiger partial charge in [-0.05, 0) is 32.4 Å². The highest BCUT2D eigenvalue weighted by Gasteiger charge is 2.27. The van der Waals surface area contributed by atoms with E-state index in [1.54, 1.807) is 26.6 Å². The Morgan fingerprint density at radius 1 is 1.21 bits per heavy atom. The van der Waals surface area contributed by atoms with Crippen LogP contribution in [-0.2, 0) is 16.0 Å². The molecule has 126 valence electrons. The molecule has 1 fully saturated rings. The molecule has 0 spiro atoms. The third-order valence-corrected chi connectivity index (χ3v) is 5.32. The van der Waals surface area contributed by atoms with Gasteiger partial charge in [0.05, 0.1) is 11.2 Å². The molecule has 0 bridgehead atoms. The summed E-state index contributed by atoms with van der Waals surface area (Å²) in [6.07, 6.45) is 1.13. The predicted molar refractivity (Wildman–Crippen MR) is 95.3 cm³/mol. The van der Waals surface area contributed by atoms with E-state index in [0.717, 1.165) is 16.3 Å². The molecule has 0 atom stereocenters. The largest absolute Gasteiger partial charge is 0.332 e. The minimum absolute atomic E-state index is 0.0209. The Morgan fingerprint density at radius 3 is 2.58 bits per heavy atom. The molecular weight excluding hydrogens is 322 g/mol. The molecule has 1 aliphatic rings. The standard InChI is InChI=1S/C18H21N3O2S/c1-13-3-5-15(6-4-13)21-10-9-20(11-18(21)23)17(22)8-7-16-14(2)19-12-24-16/h3-6,12H,7-11H2,1-2H3. The molecule has 1 aromatic carbocycles. The van der Waals surface area contributed by atoms with Gasteiger partial charge in [0.15, 0.2) is 0 Å². The molecule has 3 rings (SSSR count). The van der Waals surface area contributed by atoms with Gasteiger partial charge in [0.2, 0.25) is 11.8 Å². The number of aromatic nitrogens is 1. The lowest BCUT2D eigenvalue weighted by molar-refractivity contribution is -0.136. The molecule has 0 N–H and O–H groups in total. The number of thiazole rings is 1. The molecule has 2 heterocycles. The summed E-state index contributed by atoms with van der Waals surface area (Å²) in [7, 11) is 0. The SMILES string of the molecule is Cc1ccc(N2CCN(C(=O)CCc3scnc3C)CC2=O)cc1. The van der Waals surface area contributed by atoms with E-state index < -0.39 is 0 Å². The van der Waals surface area contributed by atoms with Gasteiger partial charge in [0.1, 0.15) is 6.54 Å². The number of nitrogens with zero attached hydrogens (tertiary/aromatic N) is 3. The lowest BCUT2D eigenvalue weighted by atomic mass is 10.1. The van der Waals surface area contributed by atoms with Crippen LogP contribution in [0, 0.1) is 13.8 Å². The average Bonchev–Trinajstić information content (AvgIpc) is 2.98. The van der Waals surface area contributed by atoms with Crippen LogP contribution in [0.25, 0.3) is 0 Å². The number of aryl methyl sites for hydroxylation is 3. The molecule has 1 saturated heterocycles. The van der Waals surface area contributed by atoms with Crippen molar-refractivity contribution in [3.63, 3.8) is 0 Å². The maximum Gasteiger partial charge on any atom is 0.246 e. The van der Waals surface area contributed by atoms with E-state index in [4.69, 9.17) is 0 Å². The Hall–Kier alpha value is -2.21. The number of amides is 2. The zero-order valence-corrected chi connectivity index (χ0v) is 14.8. The molecule has 0 aliphatic carbocycles. The van der Waals surface area contributed by atoms with Gasteiger partial charge in [0, 0.05) is 30.1 Å². The smallest absolute Gasteiger partial charge is 0.246 e. The first-order valence-corrected chi connectivity index (χ1v) is 8.96. The molecule has 0 saturated carbocycles. The van der Waals surface area contributed by atoms with E-state index in [9.17, 15) is 9.59 Å². The van der Waals surface area contributed by atoms with Crippen molar-refractivity contribution < 1.29 is 9.59 Å². The quantitative estimate of drug-likeness (QED) is 0.857. The van der Waals surface area contributed by atoms with Gasteiger partial charge in [-0.2, -0.15) is 0 Å². The molecule has 2 aromatic rings. The molecule has 2 amide bonds. The van der Waals surface area contributed by atoms with Gasteiger partial charge in [-0.3, -0.25) is 9.59 Å². The second kappa shape index (κ2) is 7.13. The second-order valence-electron chi connectivity index (χ2n) is 6.06. The van der Waals surface area contributed by atoms with Crippen molar-refractivity contribution in [3.05, 3.63) is 45.9 Å². The maximum absolute atomic E-state index is 12.4. The fraction of sp³-hybridized carbons (Fsp3) is 0.389. The van der Waals surface area contributed by atoms with Gasteiger partial charge in [-0.1, -0.05) is 17.7 Å². The van der Waals surface area contributed by atoms with Gasteiger partial charge >= 0.3 is 0 Å². The predicted octanol–water partition coefficient (Wildman–Crippen LogP) is 2.57. The van der Waals surface area contributed by atoms with E-state index in [2.05, 4.69) is 4.98 Å². The number of hydrogen-bond donors (Lipinski definition) is 0. The van der Waals surface area contributed by atoms with Crippen molar-refractivity contribution in [3.8, 4) is 0 Å². The van der Waals surface area contributed by atoms with E-state index in [0.29, 0.717) is 25.9 Å². The lowest BCUT2D eigenvalue weighted by Gasteiger charge is -2.34. The Balaban J connectivity index is 1.56. The third-order valence-electron chi connectivity index (χ3n) is 4.33. The van der Waals surface area contributed by atoms with Crippen LogP contribution >= 0.6 is 11.3 Å². The lowest BCUT2D eigenvalue weighted by Crippen LogP contribution is -2.52. The molecule has 0 radical (unpaired) electrons. The zero-order chi connectivity index (χ0) is 17.1. The van der Waals surface area contributed by atoms with Crippen molar-refractivity contribution in [2.24, 2.45) is 0 Å². The van der Waals surface area contributed by atoms with Crippen molar-refractivity contribution in [2.75, 3.05) is 24.5 Å². The van der Waals surface area contributed by atoms with E-state index >= 15 is 0 Å². The van der Waals surface area contributed by atoms with E-state index in [-0.39, 0.29) is 18.4 Å². The summed E-state index contributed by atoms with van der Waals surface area (Å²) in [5, 5.41) is 0. The number of carbonyl (C=O) groups excluding carboxylic acids is 2. The molecule has 5 nitrogen and oxygen atoms in total. The van der Waals surface area contributed by atoms with Crippen LogP contribution < -0.4 is 4.90 Å². The Bertz CT molecular complexity index is 739. The highest BCUT2D eigenvalue weighted by atomic mass is 32.1. The van der Waals surface area contributed by atoms with Crippen molar-refractivity contribution in [1.82, 2.24) is 9.88 Å². The van der Waals surface area contributed by atoms with Gasteiger partial charge in [-0.15, -0.1) is 11.3 Å². The first-order valence-electron chi connectivity index (χ1n) is 8.08. The van der Waals surface area contributed by atoms with Crippen LogP contribution in [0.4, 0.5) is 5.69 Å². The van der Waals surface area contributed by atoms with Crippen LogP contribution in [-0.4, -0.2) is 41.3 Å². The zero-order valence-electron chi connectivity index (χ0n) is 14.0. The maximum atomic E-state index is 12.4. The summed E-state index contributed by atoms with van der Waals surface area (Å²) >= 11 is 1.58. The fourth-order valence-corrected chi connectivity index (χ4v) is 3.61. The molecule has 1 aromatic heterocycles. The highest BCUT2D eigenvalue weighted by molar-refractivity contribution is 7.09. The van der Waals surface area contributed by atoms with Crippen LogP contribution in [0.3, 0.4) is 0 Å². The monoisotopic (exact) mass is 343 g/mol. The summed E-state index contributed by atoms with van der Waals surface area (Å²) in [6.45, 7) is 5.27. The van der Waals surface area contributed by atoms with E-state index in [1.165, 1.54) is 5.56 Å². The molecule has 6 heteroatoms. The summed E-state index contributed by atoms with van der Waals surface area (Å²) in [5.74, 6) is 0.0205. The van der Waals surface area contributed by atoms with Crippen molar-refractivity contribution in [1.29, 1.82) is 0 Å². The number of anilines is 1. The number of benzene rings is 1. The summed E-state index contributed by atoms with van der Waals surface area (Å²) in [4.78, 5) is 33.6. The van der Waals surface area contributed by atoms with Crippen LogP contribution in [0.2, 0.25) is 0 Å². The Labute approximate surface area is 145 Å². The molecule has 24 heavy (non-hydrogen) atoms. The van der Waals surface area contributed by atoms with Crippen LogP contribution in [0.5, 0.6) is 0 Å². The third kappa shape index (κ3) is 3.64. The number of piperazine rings is 1. The summed E-state index contributed by atoms with van der Waals surface area (Å²) in [6, 6.07) is 7.91. The summed E-state index contributed by atoms with van der Waals surface area (Å²) < 4.78 is 0. The van der Waals surface area contributed by atoms with Crippen LogP contribution in [0.1, 0.15) is 22.6 Å². The van der Waals surface area contributed by atoms with Gasteiger partial charge in [-0.25, -0.2) is 4.98 Å². The minimum Gasteiger partial charge on any atom is -0.332 e. The minimum atomic E-state index is -0.0209. The molecule has 0 unspecified atom stereocenters. The highest BCUT2D eigenvalue weighted by Crippen LogP contribution is 2.19. The number of hydrogen-bond acceptors (Lipinski definition) is 4. The molecular formula is C18H21N3O2S. The second-order valence-corrected chi connectivity index (χ2v) is 7.00. The number of carbonyl (C=O) groups is 2. The fourth-order valence-electron chi connectivity index (χ4n) is 2.83. The number of rotatable bonds is 4. The van der Waals surface area contributed by atoms with Crippen LogP contribution in [0.15, 0.2) is 29.8 Å². The summed E-state index contributed by atoms with van der Waals surface area (Å²) in [5.41, 5.74) is 4.86.